The van der Waals surface area contributed by atoms with Crippen molar-refractivity contribution in [1.29, 1.82) is 0 Å². The summed E-state index contributed by atoms with van der Waals surface area (Å²) in [6.07, 6.45) is -0.0505. The topological polar surface area (TPSA) is 54.5 Å². The van der Waals surface area contributed by atoms with Crippen LogP contribution in [-0.2, 0) is 9.84 Å². The highest BCUT2D eigenvalue weighted by atomic mass is 32.2. The highest BCUT2D eigenvalue weighted by Crippen LogP contribution is 2.31. The minimum atomic E-state index is -3.73. The molecule has 0 unspecified atom stereocenters. The first-order valence-corrected chi connectivity index (χ1v) is 9.72. The number of halogens is 3. The van der Waals surface area contributed by atoms with Crippen molar-refractivity contribution in [2.24, 2.45) is 0 Å². The second kappa shape index (κ2) is 7.11. The van der Waals surface area contributed by atoms with Gasteiger partial charge in [-0.2, -0.15) is 0 Å². The van der Waals surface area contributed by atoms with Crippen LogP contribution in [0.4, 0.5) is 13.2 Å². The molecule has 0 saturated carbocycles. The van der Waals surface area contributed by atoms with Gasteiger partial charge in [-0.05, 0) is 24.6 Å². The Bertz CT molecular complexity index is 926. The summed E-state index contributed by atoms with van der Waals surface area (Å²) in [6.45, 7) is -0.259. The molecule has 0 N–H and O–H groups in total. The van der Waals surface area contributed by atoms with E-state index in [0.29, 0.717) is 0 Å². The van der Waals surface area contributed by atoms with E-state index in [1.165, 1.54) is 24.3 Å². The fraction of sp³-hybridized carbons (Fsp3) is 0.278. The van der Waals surface area contributed by atoms with Crippen LogP contribution < -0.4 is 0 Å². The van der Waals surface area contributed by atoms with Gasteiger partial charge in [0.25, 0.3) is 5.91 Å². The van der Waals surface area contributed by atoms with Crippen molar-refractivity contribution in [3.63, 3.8) is 0 Å². The molecule has 0 radical (unpaired) electrons. The minimum absolute atomic E-state index is 0.0406. The second-order valence-electron chi connectivity index (χ2n) is 6.05. The van der Waals surface area contributed by atoms with Gasteiger partial charge in [-0.15, -0.1) is 0 Å². The van der Waals surface area contributed by atoms with Gasteiger partial charge in [0.15, 0.2) is 9.84 Å². The normalized spacial score (nSPS) is 19.8. The van der Waals surface area contributed by atoms with Crippen LogP contribution in [0.1, 0.15) is 27.6 Å². The van der Waals surface area contributed by atoms with E-state index in [4.69, 9.17) is 0 Å². The zero-order chi connectivity index (χ0) is 18.9. The molecule has 1 saturated heterocycles. The van der Waals surface area contributed by atoms with Gasteiger partial charge in [-0.25, -0.2) is 21.6 Å². The van der Waals surface area contributed by atoms with E-state index in [9.17, 15) is 26.4 Å². The van der Waals surface area contributed by atoms with Crippen molar-refractivity contribution in [3.05, 3.63) is 71.0 Å². The monoisotopic (exact) mass is 383 g/mol. The third kappa shape index (κ3) is 3.46. The average Bonchev–Trinajstić information content (AvgIpc) is 2.73. The lowest BCUT2D eigenvalue weighted by Crippen LogP contribution is -2.34. The van der Waals surface area contributed by atoms with Gasteiger partial charge in [0.2, 0.25) is 0 Å². The molecule has 138 valence electrons. The molecule has 0 aromatic heterocycles. The van der Waals surface area contributed by atoms with E-state index in [1.807, 2.05) is 0 Å². The summed E-state index contributed by atoms with van der Waals surface area (Å²) in [5.74, 6) is -3.97. The maximum absolute atomic E-state index is 14.0. The summed E-state index contributed by atoms with van der Waals surface area (Å²) in [5.41, 5.74) is -0.673. The highest BCUT2D eigenvalue weighted by molar-refractivity contribution is 7.91. The number of rotatable bonds is 2. The number of amides is 1. The van der Waals surface area contributed by atoms with E-state index in [1.54, 1.807) is 0 Å². The Kier molecular flexibility index (Phi) is 5.04. The summed E-state index contributed by atoms with van der Waals surface area (Å²) < 4.78 is 66.8. The van der Waals surface area contributed by atoms with Crippen molar-refractivity contribution < 1.29 is 26.4 Å². The zero-order valence-electron chi connectivity index (χ0n) is 13.7. The Labute approximate surface area is 149 Å². The van der Waals surface area contributed by atoms with E-state index >= 15 is 0 Å². The standard InChI is InChI=1S/C18H16F3NO3S/c19-13-5-2-1-4-12(13)16-8-9-22(10-11-26(16,24)25)18(23)17-14(20)6-3-7-15(17)21/h1-7,16H,8-11H2/t16-/m1/s1. The molecule has 1 fully saturated rings. The Morgan fingerprint density at radius 2 is 1.54 bits per heavy atom. The van der Waals surface area contributed by atoms with Crippen LogP contribution in [-0.4, -0.2) is 38.1 Å². The molecular weight excluding hydrogens is 367 g/mol. The van der Waals surface area contributed by atoms with Crippen molar-refractivity contribution in [1.82, 2.24) is 4.90 Å². The molecule has 2 aromatic carbocycles. The maximum atomic E-state index is 14.0. The first-order valence-electron chi connectivity index (χ1n) is 8.00. The van der Waals surface area contributed by atoms with Gasteiger partial charge in [-0.3, -0.25) is 4.79 Å². The lowest BCUT2D eigenvalue weighted by molar-refractivity contribution is 0.0756. The molecule has 1 aliphatic rings. The number of hydrogen-bond acceptors (Lipinski definition) is 3. The molecule has 8 heteroatoms. The third-order valence-corrected chi connectivity index (χ3v) is 6.56. The predicted octanol–water partition coefficient (Wildman–Crippen LogP) is 3.11. The third-order valence-electron chi connectivity index (χ3n) is 4.46. The zero-order valence-corrected chi connectivity index (χ0v) is 14.5. The van der Waals surface area contributed by atoms with Gasteiger partial charge in [0, 0.05) is 18.7 Å². The van der Waals surface area contributed by atoms with Crippen LogP contribution in [0.5, 0.6) is 0 Å². The fourth-order valence-electron chi connectivity index (χ4n) is 3.09. The molecule has 0 spiro atoms. The van der Waals surface area contributed by atoms with E-state index < -0.39 is 49.8 Å². The number of sulfone groups is 1. The molecule has 0 aliphatic carbocycles. The molecule has 1 heterocycles. The summed E-state index contributed by atoms with van der Waals surface area (Å²) in [5, 5.41) is -1.10. The minimum Gasteiger partial charge on any atom is -0.337 e. The fourth-order valence-corrected chi connectivity index (χ4v) is 4.89. The van der Waals surface area contributed by atoms with Gasteiger partial charge >= 0.3 is 0 Å². The number of nitrogens with zero attached hydrogens (tertiary/aromatic N) is 1. The highest BCUT2D eigenvalue weighted by Gasteiger charge is 2.35. The Balaban J connectivity index is 1.90. The molecule has 2 aromatic rings. The summed E-state index contributed by atoms with van der Waals surface area (Å²) in [4.78, 5) is 13.6. The smallest absolute Gasteiger partial charge is 0.259 e. The summed E-state index contributed by atoms with van der Waals surface area (Å²) >= 11 is 0. The SMILES string of the molecule is O=C(c1c(F)cccc1F)N1CC[C@H](c2ccccc2F)S(=O)(=O)CC1. The first-order chi connectivity index (χ1) is 12.3. The van der Waals surface area contributed by atoms with Crippen LogP contribution in [0.25, 0.3) is 0 Å². The van der Waals surface area contributed by atoms with Gasteiger partial charge in [-0.1, -0.05) is 24.3 Å². The predicted molar refractivity (Wildman–Crippen MR) is 89.8 cm³/mol. The Morgan fingerprint density at radius 3 is 2.19 bits per heavy atom. The molecular formula is C18H16F3NO3S. The number of carbonyl (C=O) groups is 1. The molecule has 0 bridgehead atoms. The van der Waals surface area contributed by atoms with Crippen molar-refractivity contribution in [2.45, 2.75) is 11.7 Å². The lowest BCUT2D eigenvalue weighted by atomic mass is 10.1. The summed E-state index contributed by atoms with van der Waals surface area (Å²) in [6, 6.07) is 8.64. The number of carbonyl (C=O) groups excluding carboxylic acids is 1. The average molecular weight is 383 g/mol. The Morgan fingerprint density at radius 1 is 0.923 bits per heavy atom. The number of hydrogen-bond donors (Lipinski definition) is 0. The summed E-state index contributed by atoms with van der Waals surface area (Å²) in [7, 11) is -3.73. The largest absolute Gasteiger partial charge is 0.337 e. The lowest BCUT2D eigenvalue weighted by Gasteiger charge is -2.20. The first kappa shape index (κ1) is 18.4. The molecule has 3 rings (SSSR count). The second-order valence-corrected chi connectivity index (χ2v) is 8.36. The maximum Gasteiger partial charge on any atom is 0.259 e. The molecule has 1 aliphatic heterocycles. The van der Waals surface area contributed by atoms with Crippen LogP contribution in [0.2, 0.25) is 0 Å². The molecule has 26 heavy (non-hydrogen) atoms. The van der Waals surface area contributed by atoms with Crippen LogP contribution in [0.15, 0.2) is 42.5 Å². The Hall–Kier alpha value is -2.35. The molecule has 4 nitrogen and oxygen atoms in total. The van der Waals surface area contributed by atoms with Crippen LogP contribution in [0, 0.1) is 17.5 Å². The van der Waals surface area contributed by atoms with Crippen molar-refractivity contribution in [2.75, 3.05) is 18.8 Å². The van der Waals surface area contributed by atoms with Gasteiger partial charge in [0.05, 0.1) is 11.0 Å². The van der Waals surface area contributed by atoms with Crippen LogP contribution >= 0.6 is 0 Å². The quantitative estimate of drug-likeness (QED) is 0.801. The van der Waals surface area contributed by atoms with E-state index in [-0.39, 0.29) is 25.1 Å². The number of benzene rings is 2. The molecule has 1 amide bonds. The molecule has 1 atom stereocenters. The van der Waals surface area contributed by atoms with Gasteiger partial charge < -0.3 is 4.90 Å². The van der Waals surface area contributed by atoms with Crippen molar-refractivity contribution >= 4 is 15.7 Å². The van der Waals surface area contributed by atoms with Crippen molar-refractivity contribution in [3.8, 4) is 0 Å². The van der Waals surface area contributed by atoms with Gasteiger partial charge in [0.1, 0.15) is 23.0 Å². The van der Waals surface area contributed by atoms with Crippen LogP contribution in [0.3, 0.4) is 0 Å². The van der Waals surface area contributed by atoms with E-state index in [2.05, 4.69) is 0 Å². The van der Waals surface area contributed by atoms with E-state index in [0.717, 1.165) is 23.1 Å².